The first-order chi connectivity index (χ1) is 8.69. The van der Waals surface area contributed by atoms with E-state index in [0.29, 0.717) is 0 Å². The van der Waals surface area contributed by atoms with Gasteiger partial charge in [0.2, 0.25) is 0 Å². The standard InChI is InChI=1S/C14H22BrN3/c1-2-3-4-5-6-7-14(18-17)12-10-11(15)8-9-13(12)16/h2,8-10,14,18H,1,3-7,16-17H2. The number of nitrogens with one attached hydrogen (secondary N) is 1. The summed E-state index contributed by atoms with van der Waals surface area (Å²) in [4.78, 5) is 0. The van der Waals surface area contributed by atoms with Crippen molar-refractivity contribution in [1.29, 1.82) is 0 Å². The minimum absolute atomic E-state index is 0.117. The Kier molecular flexibility index (Phi) is 7.01. The number of nitrogens with two attached hydrogens (primary N) is 2. The maximum absolute atomic E-state index is 5.99. The van der Waals surface area contributed by atoms with Crippen LogP contribution in [0, 0.1) is 0 Å². The molecule has 0 aliphatic carbocycles. The SMILES string of the molecule is C=CCCCCCC(NN)c1cc(Br)ccc1N. The molecular formula is C14H22BrN3. The maximum Gasteiger partial charge on any atom is 0.0480 e. The monoisotopic (exact) mass is 311 g/mol. The summed E-state index contributed by atoms with van der Waals surface area (Å²) in [7, 11) is 0. The maximum atomic E-state index is 5.99. The molecule has 0 aliphatic heterocycles. The van der Waals surface area contributed by atoms with Crippen LogP contribution in [0.5, 0.6) is 0 Å². The van der Waals surface area contributed by atoms with E-state index in [1.54, 1.807) is 0 Å². The van der Waals surface area contributed by atoms with Crippen LogP contribution < -0.4 is 17.0 Å². The van der Waals surface area contributed by atoms with Gasteiger partial charge in [0.05, 0.1) is 0 Å². The molecular weight excluding hydrogens is 290 g/mol. The van der Waals surface area contributed by atoms with Crippen molar-refractivity contribution in [2.45, 2.75) is 38.1 Å². The van der Waals surface area contributed by atoms with E-state index in [2.05, 4.69) is 27.9 Å². The van der Waals surface area contributed by atoms with Gasteiger partial charge in [-0.05, 0) is 43.0 Å². The molecule has 0 bridgehead atoms. The van der Waals surface area contributed by atoms with Crippen molar-refractivity contribution in [2.24, 2.45) is 5.84 Å². The number of rotatable bonds is 8. The Balaban J connectivity index is 2.54. The molecule has 5 N–H and O–H groups in total. The van der Waals surface area contributed by atoms with Crippen molar-refractivity contribution in [3.05, 3.63) is 40.9 Å². The quantitative estimate of drug-likeness (QED) is 0.226. The zero-order valence-electron chi connectivity index (χ0n) is 10.7. The molecule has 1 aromatic carbocycles. The molecule has 3 nitrogen and oxygen atoms in total. The lowest BCUT2D eigenvalue weighted by Crippen LogP contribution is -2.28. The number of allylic oxidation sites excluding steroid dienone is 1. The van der Waals surface area contributed by atoms with Gasteiger partial charge in [-0.25, -0.2) is 0 Å². The molecule has 0 aliphatic rings. The highest BCUT2D eigenvalue weighted by atomic mass is 79.9. The number of unbranched alkanes of at least 4 members (excludes halogenated alkanes) is 3. The van der Waals surface area contributed by atoms with Crippen molar-refractivity contribution < 1.29 is 0 Å². The fourth-order valence-corrected chi connectivity index (χ4v) is 2.37. The van der Waals surface area contributed by atoms with Gasteiger partial charge < -0.3 is 5.73 Å². The van der Waals surface area contributed by atoms with Crippen LogP contribution in [-0.2, 0) is 0 Å². The van der Waals surface area contributed by atoms with Crippen LogP contribution >= 0.6 is 15.9 Å². The van der Waals surface area contributed by atoms with Crippen molar-refractivity contribution in [1.82, 2.24) is 5.43 Å². The molecule has 1 atom stereocenters. The third-order valence-corrected chi connectivity index (χ3v) is 3.52. The molecule has 0 fully saturated rings. The summed E-state index contributed by atoms with van der Waals surface area (Å²) >= 11 is 3.46. The van der Waals surface area contributed by atoms with Gasteiger partial charge in [-0.2, -0.15) is 0 Å². The number of hydrazine groups is 1. The van der Waals surface area contributed by atoms with E-state index in [1.807, 2.05) is 24.3 Å². The van der Waals surface area contributed by atoms with Crippen LogP contribution in [0.4, 0.5) is 5.69 Å². The highest BCUT2D eigenvalue weighted by molar-refractivity contribution is 9.10. The van der Waals surface area contributed by atoms with Gasteiger partial charge in [-0.15, -0.1) is 6.58 Å². The van der Waals surface area contributed by atoms with Crippen molar-refractivity contribution in [3.8, 4) is 0 Å². The second-order valence-electron chi connectivity index (χ2n) is 4.42. The molecule has 0 radical (unpaired) electrons. The lowest BCUT2D eigenvalue weighted by molar-refractivity contribution is 0.485. The topological polar surface area (TPSA) is 64.1 Å². The zero-order chi connectivity index (χ0) is 13.4. The molecule has 1 unspecified atom stereocenters. The zero-order valence-corrected chi connectivity index (χ0v) is 12.2. The molecule has 0 saturated heterocycles. The lowest BCUT2D eigenvalue weighted by atomic mass is 9.99. The molecule has 0 spiro atoms. The van der Waals surface area contributed by atoms with Gasteiger partial charge in [0.25, 0.3) is 0 Å². The number of nitrogen functional groups attached to an aromatic ring is 1. The van der Waals surface area contributed by atoms with E-state index < -0.39 is 0 Å². The van der Waals surface area contributed by atoms with E-state index in [1.165, 1.54) is 12.8 Å². The van der Waals surface area contributed by atoms with E-state index in [9.17, 15) is 0 Å². The summed E-state index contributed by atoms with van der Waals surface area (Å²) in [6.07, 6.45) is 7.56. The number of hydrogen-bond donors (Lipinski definition) is 3. The Morgan fingerprint density at radius 1 is 1.33 bits per heavy atom. The second-order valence-corrected chi connectivity index (χ2v) is 5.33. The van der Waals surface area contributed by atoms with Crippen LogP contribution in [0.3, 0.4) is 0 Å². The minimum atomic E-state index is 0.117. The largest absolute Gasteiger partial charge is 0.398 e. The van der Waals surface area contributed by atoms with Crippen molar-refractivity contribution in [2.75, 3.05) is 5.73 Å². The highest BCUT2D eigenvalue weighted by Crippen LogP contribution is 2.27. The summed E-state index contributed by atoms with van der Waals surface area (Å²) in [5.74, 6) is 5.63. The summed E-state index contributed by atoms with van der Waals surface area (Å²) < 4.78 is 1.03. The molecule has 0 amide bonds. The molecule has 0 heterocycles. The predicted octanol–water partition coefficient (Wildman–Crippen LogP) is 3.67. The van der Waals surface area contributed by atoms with Crippen LogP contribution in [0.2, 0.25) is 0 Å². The Morgan fingerprint density at radius 2 is 2.11 bits per heavy atom. The van der Waals surface area contributed by atoms with E-state index in [4.69, 9.17) is 11.6 Å². The number of anilines is 1. The minimum Gasteiger partial charge on any atom is -0.398 e. The molecule has 0 aromatic heterocycles. The third kappa shape index (κ3) is 4.80. The molecule has 1 rings (SSSR count). The van der Waals surface area contributed by atoms with Crippen molar-refractivity contribution in [3.63, 3.8) is 0 Å². The predicted molar refractivity (Wildman–Crippen MR) is 81.9 cm³/mol. The van der Waals surface area contributed by atoms with E-state index >= 15 is 0 Å². The van der Waals surface area contributed by atoms with Crippen LogP contribution in [0.25, 0.3) is 0 Å². The molecule has 18 heavy (non-hydrogen) atoms. The average molecular weight is 312 g/mol. The summed E-state index contributed by atoms with van der Waals surface area (Å²) in [5.41, 5.74) is 10.7. The Bertz CT molecular complexity index is 379. The Hall–Kier alpha value is -0.840. The summed E-state index contributed by atoms with van der Waals surface area (Å²) in [5, 5.41) is 0. The second kappa shape index (κ2) is 8.29. The van der Waals surface area contributed by atoms with Crippen LogP contribution in [-0.4, -0.2) is 0 Å². The number of hydrogen-bond acceptors (Lipinski definition) is 3. The lowest BCUT2D eigenvalue weighted by Gasteiger charge is -2.18. The first kappa shape index (κ1) is 15.2. The molecule has 100 valence electrons. The fraction of sp³-hybridized carbons (Fsp3) is 0.429. The number of halogens is 1. The molecule has 1 aromatic rings. The molecule has 4 heteroatoms. The Labute approximate surface area is 118 Å². The fourth-order valence-electron chi connectivity index (χ4n) is 1.99. The van der Waals surface area contributed by atoms with Gasteiger partial charge in [-0.1, -0.05) is 34.8 Å². The smallest absolute Gasteiger partial charge is 0.0480 e. The average Bonchev–Trinajstić information content (AvgIpc) is 2.37. The van der Waals surface area contributed by atoms with Gasteiger partial charge in [-0.3, -0.25) is 11.3 Å². The van der Waals surface area contributed by atoms with Gasteiger partial charge in [0.15, 0.2) is 0 Å². The van der Waals surface area contributed by atoms with Crippen LogP contribution in [0.15, 0.2) is 35.3 Å². The normalized spacial score (nSPS) is 12.3. The van der Waals surface area contributed by atoms with E-state index in [0.717, 1.165) is 35.0 Å². The van der Waals surface area contributed by atoms with Crippen LogP contribution in [0.1, 0.15) is 43.7 Å². The molecule has 0 saturated carbocycles. The third-order valence-electron chi connectivity index (χ3n) is 3.03. The van der Waals surface area contributed by atoms with Gasteiger partial charge >= 0.3 is 0 Å². The van der Waals surface area contributed by atoms with Crippen molar-refractivity contribution >= 4 is 21.6 Å². The first-order valence-corrected chi connectivity index (χ1v) is 7.10. The van der Waals surface area contributed by atoms with E-state index in [-0.39, 0.29) is 6.04 Å². The summed E-state index contributed by atoms with van der Waals surface area (Å²) in [6.45, 7) is 3.72. The van der Waals surface area contributed by atoms with Gasteiger partial charge in [0.1, 0.15) is 0 Å². The Morgan fingerprint density at radius 3 is 2.78 bits per heavy atom. The van der Waals surface area contributed by atoms with Gasteiger partial charge in [0, 0.05) is 16.2 Å². The summed E-state index contributed by atoms with van der Waals surface area (Å²) in [6, 6.07) is 5.99. The number of benzene rings is 1. The highest BCUT2D eigenvalue weighted by Gasteiger charge is 2.12. The first-order valence-electron chi connectivity index (χ1n) is 6.31.